The van der Waals surface area contributed by atoms with Crippen molar-refractivity contribution in [2.45, 2.75) is 64.3 Å². The summed E-state index contributed by atoms with van der Waals surface area (Å²) >= 11 is 0. The summed E-state index contributed by atoms with van der Waals surface area (Å²) in [6.07, 6.45) is 8.27. The molecule has 1 heteroatoms. The van der Waals surface area contributed by atoms with Gasteiger partial charge < -0.3 is 5.32 Å². The molecule has 1 aliphatic rings. The fourth-order valence-corrected chi connectivity index (χ4v) is 3.40. The molecule has 0 radical (unpaired) electrons. The van der Waals surface area contributed by atoms with Gasteiger partial charge in [0, 0.05) is 6.04 Å². The molecular formula is C18H29N. The molecule has 3 unspecified atom stereocenters. The normalized spacial score (nSPS) is 25.2. The molecule has 1 aromatic carbocycles. The number of hydrogen-bond acceptors (Lipinski definition) is 1. The van der Waals surface area contributed by atoms with Crippen LogP contribution in [-0.4, -0.2) is 12.6 Å². The van der Waals surface area contributed by atoms with Gasteiger partial charge in [-0.2, -0.15) is 0 Å². The fraction of sp³-hybridized carbons (Fsp3) is 0.667. The van der Waals surface area contributed by atoms with Gasteiger partial charge in [0.05, 0.1) is 0 Å². The molecule has 106 valence electrons. The second-order valence-electron chi connectivity index (χ2n) is 6.11. The molecule has 2 rings (SSSR count). The minimum Gasteiger partial charge on any atom is -0.314 e. The van der Waals surface area contributed by atoms with Crippen molar-refractivity contribution in [1.82, 2.24) is 5.32 Å². The maximum absolute atomic E-state index is 3.82. The Bertz CT molecular complexity index is 346. The van der Waals surface area contributed by atoms with Crippen LogP contribution in [0.4, 0.5) is 0 Å². The van der Waals surface area contributed by atoms with E-state index in [4.69, 9.17) is 0 Å². The lowest BCUT2D eigenvalue weighted by Crippen LogP contribution is -2.39. The molecule has 1 aromatic rings. The highest BCUT2D eigenvalue weighted by atomic mass is 14.9. The van der Waals surface area contributed by atoms with Crippen LogP contribution in [0.15, 0.2) is 30.3 Å². The van der Waals surface area contributed by atoms with E-state index in [1.54, 1.807) is 0 Å². The molecule has 0 heterocycles. The third-order valence-corrected chi connectivity index (χ3v) is 4.79. The highest BCUT2D eigenvalue weighted by Crippen LogP contribution is 2.27. The van der Waals surface area contributed by atoms with Gasteiger partial charge in [-0.3, -0.25) is 0 Å². The Morgan fingerprint density at radius 3 is 2.63 bits per heavy atom. The predicted molar refractivity (Wildman–Crippen MR) is 83.5 cm³/mol. The first kappa shape index (κ1) is 14.6. The number of rotatable bonds is 6. The monoisotopic (exact) mass is 259 g/mol. The van der Waals surface area contributed by atoms with Gasteiger partial charge in [0.1, 0.15) is 0 Å². The molecule has 1 nitrogen and oxygen atoms in total. The zero-order valence-electron chi connectivity index (χ0n) is 12.6. The molecule has 0 spiro atoms. The smallest absolute Gasteiger partial charge is 0.00952 e. The van der Waals surface area contributed by atoms with Crippen LogP contribution in [0.1, 0.15) is 63.9 Å². The van der Waals surface area contributed by atoms with E-state index in [0.29, 0.717) is 5.92 Å². The molecule has 3 atom stereocenters. The molecule has 0 amide bonds. The van der Waals surface area contributed by atoms with Crippen LogP contribution in [0.2, 0.25) is 0 Å². The SMILES string of the molecule is CCC1CCCCC1NCCC(C)c1ccccc1. The van der Waals surface area contributed by atoms with Crippen molar-refractivity contribution in [3.8, 4) is 0 Å². The molecular weight excluding hydrogens is 230 g/mol. The van der Waals surface area contributed by atoms with E-state index in [1.165, 1.54) is 44.1 Å². The molecule has 0 bridgehead atoms. The van der Waals surface area contributed by atoms with E-state index in [1.807, 2.05) is 0 Å². The average molecular weight is 259 g/mol. The Morgan fingerprint density at radius 1 is 1.16 bits per heavy atom. The Morgan fingerprint density at radius 2 is 1.89 bits per heavy atom. The molecule has 19 heavy (non-hydrogen) atoms. The highest BCUT2D eigenvalue weighted by molar-refractivity contribution is 5.18. The second-order valence-corrected chi connectivity index (χ2v) is 6.11. The van der Waals surface area contributed by atoms with E-state index in [9.17, 15) is 0 Å². The van der Waals surface area contributed by atoms with Crippen LogP contribution in [0.3, 0.4) is 0 Å². The van der Waals surface area contributed by atoms with Crippen molar-refractivity contribution in [1.29, 1.82) is 0 Å². The lowest BCUT2D eigenvalue weighted by atomic mass is 9.83. The average Bonchev–Trinajstić information content (AvgIpc) is 2.48. The minimum atomic E-state index is 0.664. The summed E-state index contributed by atoms with van der Waals surface area (Å²) in [5, 5.41) is 3.82. The first-order valence-corrected chi connectivity index (χ1v) is 8.09. The van der Waals surface area contributed by atoms with Crippen molar-refractivity contribution in [3.05, 3.63) is 35.9 Å². The largest absolute Gasteiger partial charge is 0.314 e. The van der Waals surface area contributed by atoms with Gasteiger partial charge in [0.25, 0.3) is 0 Å². The third kappa shape index (κ3) is 4.35. The van der Waals surface area contributed by atoms with E-state index in [2.05, 4.69) is 49.5 Å². The van der Waals surface area contributed by atoms with Crippen LogP contribution in [0.5, 0.6) is 0 Å². The van der Waals surface area contributed by atoms with Crippen molar-refractivity contribution >= 4 is 0 Å². The van der Waals surface area contributed by atoms with Gasteiger partial charge >= 0.3 is 0 Å². The lowest BCUT2D eigenvalue weighted by molar-refractivity contribution is 0.254. The lowest BCUT2D eigenvalue weighted by Gasteiger charge is -2.32. The van der Waals surface area contributed by atoms with Gasteiger partial charge in [-0.1, -0.05) is 63.4 Å². The molecule has 1 saturated carbocycles. The van der Waals surface area contributed by atoms with Crippen molar-refractivity contribution in [3.63, 3.8) is 0 Å². The Balaban J connectivity index is 1.73. The van der Waals surface area contributed by atoms with Crippen LogP contribution in [-0.2, 0) is 0 Å². The van der Waals surface area contributed by atoms with Gasteiger partial charge in [0.2, 0.25) is 0 Å². The standard InChI is InChI=1S/C18H29N/c1-3-16-9-7-8-12-18(16)19-14-13-15(2)17-10-5-4-6-11-17/h4-6,10-11,15-16,18-19H,3,7-9,12-14H2,1-2H3. The van der Waals surface area contributed by atoms with E-state index in [-0.39, 0.29) is 0 Å². The number of nitrogens with one attached hydrogen (secondary N) is 1. The summed E-state index contributed by atoms with van der Waals surface area (Å²) in [6.45, 7) is 5.85. The molecule has 0 saturated heterocycles. The van der Waals surface area contributed by atoms with Crippen molar-refractivity contribution < 1.29 is 0 Å². The van der Waals surface area contributed by atoms with E-state index in [0.717, 1.165) is 18.5 Å². The van der Waals surface area contributed by atoms with Crippen LogP contribution in [0, 0.1) is 5.92 Å². The Hall–Kier alpha value is -0.820. The minimum absolute atomic E-state index is 0.664. The van der Waals surface area contributed by atoms with Crippen LogP contribution < -0.4 is 5.32 Å². The molecule has 1 aliphatic carbocycles. The van der Waals surface area contributed by atoms with Gasteiger partial charge in [-0.25, -0.2) is 0 Å². The number of benzene rings is 1. The topological polar surface area (TPSA) is 12.0 Å². The van der Waals surface area contributed by atoms with Gasteiger partial charge in [-0.05, 0) is 43.2 Å². The molecule has 0 aromatic heterocycles. The van der Waals surface area contributed by atoms with E-state index < -0.39 is 0 Å². The van der Waals surface area contributed by atoms with Crippen molar-refractivity contribution in [2.75, 3.05) is 6.54 Å². The zero-order chi connectivity index (χ0) is 13.5. The zero-order valence-corrected chi connectivity index (χ0v) is 12.6. The Labute approximate surface area is 118 Å². The summed E-state index contributed by atoms with van der Waals surface area (Å²) in [4.78, 5) is 0. The fourth-order valence-electron chi connectivity index (χ4n) is 3.40. The second kappa shape index (κ2) is 7.69. The summed E-state index contributed by atoms with van der Waals surface area (Å²) in [6, 6.07) is 11.7. The summed E-state index contributed by atoms with van der Waals surface area (Å²) in [5.74, 6) is 1.58. The van der Waals surface area contributed by atoms with Crippen LogP contribution >= 0.6 is 0 Å². The third-order valence-electron chi connectivity index (χ3n) is 4.79. The maximum atomic E-state index is 3.82. The quantitative estimate of drug-likeness (QED) is 0.778. The summed E-state index contributed by atoms with van der Waals surface area (Å²) < 4.78 is 0. The Kier molecular flexibility index (Phi) is 5.91. The van der Waals surface area contributed by atoms with E-state index >= 15 is 0 Å². The number of hydrogen-bond donors (Lipinski definition) is 1. The molecule has 0 aliphatic heterocycles. The molecule has 1 N–H and O–H groups in total. The van der Waals surface area contributed by atoms with Gasteiger partial charge in [-0.15, -0.1) is 0 Å². The predicted octanol–water partition coefficient (Wildman–Crippen LogP) is 4.74. The first-order valence-electron chi connectivity index (χ1n) is 8.09. The van der Waals surface area contributed by atoms with Crippen molar-refractivity contribution in [2.24, 2.45) is 5.92 Å². The summed E-state index contributed by atoms with van der Waals surface area (Å²) in [5.41, 5.74) is 1.47. The first-order chi connectivity index (χ1) is 9.31. The highest BCUT2D eigenvalue weighted by Gasteiger charge is 2.22. The molecule has 1 fully saturated rings. The van der Waals surface area contributed by atoms with Crippen LogP contribution in [0.25, 0.3) is 0 Å². The maximum Gasteiger partial charge on any atom is 0.00952 e. The summed E-state index contributed by atoms with van der Waals surface area (Å²) in [7, 11) is 0. The van der Waals surface area contributed by atoms with Gasteiger partial charge in [0.15, 0.2) is 0 Å².